The zero-order valence-corrected chi connectivity index (χ0v) is 14.9. The van der Waals surface area contributed by atoms with Gasteiger partial charge in [-0.15, -0.1) is 0 Å². The van der Waals surface area contributed by atoms with E-state index in [0.717, 1.165) is 35.3 Å². The predicted octanol–water partition coefficient (Wildman–Crippen LogP) is 4.55. The van der Waals surface area contributed by atoms with Crippen molar-refractivity contribution >= 4 is 11.6 Å². The highest BCUT2D eigenvalue weighted by Gasteiger charge is 2.51. The zero-order chi connectivity index (χ0) is 18.0. The minimum Gasteiger partial charge on any atom is -0.287 e. The van der Waals surface area contributed by atoms with E-state index in [9.17, 15) is 4.79 Å². The van der Waals surface area contributed by atoms with Gasteiger partial charge < -0.3 is 0 Å². The van der Waals surface area contributed by atoms with Crippen LogP contribution in [0.25, 0.3) is 0 Å². The summed E-state index contributed by atoms with van der Waals surface area (Å²) in [5, 5.41) is 3.70. The fraction of sp³-hybridized carbons (Fsp3) is 0.174. The molecule has 1 heterocycles. The summed E-state index contributed by atoms with van der Waals surface area (Å²) in [5.41, 5.74) is 3.01. The third-order valence-electron chi connectivity index (χ3n) is 4.92. The van der Waals surface area contributed by atoms with Crippen LogP contribution in [0.1, 0.15) is 34.8 Å². The highest BCUT2D eigenvalue weighted by atomic mass is 16.2. The van der Waals surface area contributed by atoms with Crippen molar-refractivity contribution in [1.29, 1.82) is 0 Å². The van der Waals surface area contributed by atoms with Gasteiger partial charge >= 0.3 is 0 Å². The van der Waals surface area contributed by atoms with Crippen molar-refractivity contribution in [3.8, 4) is 0 Å². The Hall–Kier alpha value is -2.91. The van der Waals surface area contributed by atoms with Crippen LogP contribution >= 0.6 is 0 Å². The molecule has 3 heteroatoms. The quantitative estimate of drug-likeness (QED) is 0.738. The maximum atomic E-state index is 13.4. The Morgan fingerprint density at radius 2 is 1.46 bits per heavy atom. The van der Waals surface area contributed by atoms with Crippen molar-refractivity contribution in [3.05, 3.63) is 102 Å². The molecule has 1 aliphatic heterocycles. The highest BCUT2D eigenvalue weighted by Crippen LogP contribution is 2.44. The molecule has 26 heavy (non-hydrogen) atoms. The Morgan fingerprint density at radius 1 is 0.846 bits per heavy atom. The molecule has 0 radical (unpaired) electrons. The molecule has 0 aliphatic carbocycles. The number of hydrogen-bond acceptors (Lipinski definition) is 2. The van der Waals surface area contributed by atoms with Gasteiger partial charge in [0.1, 0.15) is 0 Å². The average molecular weight is 342 g/mol. The number of amides is 1. The molecule has 0 bridgehead atoms. The summed E-state index contributed by atoms with van der Waals surface area (Å²) in [6.45, 7) is 2.95. The fourth-order valence-electron chi connectivity index (χ4n) is 3.81. The van der Waals surface area contributed by atoms with Gasteiger partial charge in [0.05, 0.1) is 0 Å². The molecule has 3 nitrogen and oxygen atoms in total. The van der Waals surface area contributed by atoms with Gasteiger partial charge in [0, 0.05) is 16.8 Å². The van der Waals surface area contributed by atoms with E-state index in [1.807, 2.05) is 71.6 Å². The predicted molar refractivity (Wildman–Crippen MR) is 105 cm³/mol. The molecule has 1 aliphatic rings. The minimum absolute atomic E-state index is 0.0271. The maximum absolute atomic E-state index is 13.4. The summed E-state index contributed by atoms with van der Waals surface area (Å²) in [6.07, 6.45) is 0.980. The number of nitrogens with zero attached hydrogens (tertiary/aromatic N) is 1. The molecule has 4 rings (SSSR count). The molecule has 130 valence electrons. The van der Waals surface area contributed by atoms with Gasteiger partial charge in [-0.2, -0.15) is 0 Å². The van der Waals surface area contributed by atoms with Crippen molar-refractivity contribution in [3.63, 3.8) is 0 Å². The molecule has 1 atom stereocenters. The maximum Gasteiger partial charge on any atom is 0.260 e. The number of hydrogen-bond donors (Lipinski definition) is 1. The first-order valence-corrected chi connectivity index (χ1v) is 9.08. The number of benzene rings is 3. The Kier molecular flexibility index (Phi) is 4.31. The lowest BCUT2D eigenvalue weighted by molar-refractivity contribution is 0.0976. The second-order valence-electron chi connectivity index (χ2n) is 6.52. The number of rotatable bonds is 5. The number of fused-ring (bicyclic) bond motifs is 1. The van der Waals surface area contributed by atoms with Crippen molar-refractivity contribution in [1.82, 2.24) is 5.32 Å². The molecule has 0 aromatic heterocycles. The van der Waals surface area contributed by atoms with Gasteiger partial charge in [0.15, 0.2) is 5.66 Å². The largest absolute Gasteiger partial charge is 0.287 e. The molecule has 0 saturated heterocycles. The lowest BCUT2D eigenvalue weighted by Gasteiger charge is -2.40. The molecule has 1 N–H and O–H groups in total. The number of carbonyl (C=O) groups is 1. The molecular formula is C23H22N2O. The smallest absolute Gasteiger partial charge is 0.260 e. The van der Waals surface area contributed by atoms with E-state index in [1.54, 1.807) is 0 Å². The van der Waals surface area contributed by atoms with Crippen molar-refractivity contribution in [2.45, 2.75) is 19.0 Å². The molecule has 1 amide bonds. The van der Waals surface area contributed by atoms with E-state index in [-0.39, 0.29) is 5.91 Å². The van der Waals surface area contributed by atoms with E-state index in [0.29, 0.717) is 0 Å². The Bertz CT molecular complexity index is 908. The Balaban J connectivity index is 2.01. The number of para-hydroxylation sites is 1. The first-order valence-electron chi connectivity index (χ1n) is 9.08. The van der Waals surface area contributed by atoms with Gasteiger partial charge in [-0.3, -0.25) is 15.0 Å². The molecule has 0 saturated carbocycles. The zero-order valence-electron chi connectivity index (χ0n) is 14.9. The lowest BCUT2D eigenvalue weighted by Crippen LogP contribution is -2.55. The molecular weight excluding hydrogens is 320 g/mol. The molecule has 3 aromatic carbocycles. The molecule has 0 fully saturated rings. The second-order valence-corrected chi connectivity index (χ2v) is 6.52. The topological polar surface area (TPSA) is 32.3 Å². The summed E-state index contributed by atoms with van der Waals surface area (Å²) in [5.74, 6) is 0.0271. The minimum atomic E-state index is -0.702. The lowest BCUT2D eigenvalue weighted by atomic mass is 9.90. The first kappa shape index (κ1) is 16.6. The van der Waals surface area contributed by atoms with E-state index in [2.05, 4.69) is 30.4 Å². The van der Waals surface area contributed by atoms with Gasteiger partial charge in [-0.1, -0.05) is 73.7 Å². The number of anilines is 1. The van der Waals surface area contributed by atoms with Crippen LogP contribution in [0.2, 0.25) is 0 Å². The summed E-state index contributed by atoms with van der Waals surface area (Å²) in [6, 6.07) is 28.1. The second kappa shape index (κ2) is 6.77. The summed E-state index contributed by atoms with van der Waals surface area (Å²) < 4.78 is 0. The van der Waals surface area contributed by atoms with Crippen LogP contribution in [-0.2, 0) is 5.66 Å². The van der Waals surface area contributed by atoms with Gasteiger partial charge in [0.25, 0.3) is 5.91 Å². The highest BCUT2D eigenvalue weighted by molar-refractivity contribution is 6.12. The van der Waals surface area contributed by atoms with Gasteiger partial charge in [0.2, 0.25) is 0 Å². The number of nitrogens with one attached hydrogen (secondary N) is 1. The number of carbonyl (C=O) groups excluding carboxylic acids is 1. The van der Waals surface area contributed by atoms with Crippen LogP contribution < -0.4 is 10.2 Å². The van der Waals surface area contributed by atoms with Gasteiger partial charge in [-0.05, 0) is 36.7 Å². The van der Waals surface area contributed by atoms with E-state index in [1.165, 1.54) is 0 Å². The van der Waals surface area contributed by atoms with E-state index in [4.69, 9.17) is 0 Å². The molecule has 3 aromatic rings. The normalized spacial score (nSPS) is 18.8. The monoisotopic (exact) mass is 342 g/mol. The van der Waals surface area contributed by atoms with Crippen LogP contribution in [0, 0.1) is 0 Å². The first-order chi connectivity index (χ1) is 12.8. The van der Waals surface area contributed by atoms with Crippen LogP contribution in [-0.4, -0.2) is 12.5 Å². The third-order valence-corrected chi connectivity index (χ3v) is 4.92. The van der Waals surface area contributed by atoms with E-state index >= 15 is 0 Å². The van der Waals surface area contributed by atoms with Crippen molar-refractivity contribution in [2.75, 3.05) is 11.4 Å². The van der Waals surface area contributed by atoms with Crippen LogP contribution in [0.5, 0.6) is 0 Å². The molecule has 1 unspecified atom stereocenters. The average Bonchev–Trinajstić information content (AvgIpc) is 2.97. The summed E-state index contributed by atoms with van der Waals surface area (Å²) >= 11 is 0. The Morgan fingerprint density at radius 3 is 2.15 bits per heavy atom. The van der Waals surface area contributed by atoms with Crippen molar-refractivity contribution < 1.29 is 4.79 Å². The van der Waals surface area contributed by atoms with Gasteiger partial charge in [-0.25, -0.2) is 0 Å². The van der Waals surface area contributed by atoms with Crippen LogP contribution in [0.3, 0.4) is 0 Å². The molecule has 0 spiro atoms. The summed E-state index contributed by atoms with van der Waals surface area (Å²) in [7, 11) is 0. The standard InChI is InChI=1S/C23H22N2O/c1-2-17-24-23(18-11-5-3-6-12-18)21-16-10-9-15-20(21)22(26)25(23)19-13-7-4-8-14-19/h3-16,24H,2,17H2,1H3. The fourth-order valence-corrected chi connectivity index (χ4v) is 3.81. The Labute approximate surface area is 154 Å². The van der Waals surface area contributed by atoms with E-state index < -0.39 is 5.66 Å². The SMILES string of the molecule is CCCNC1(c2ccccc2)c2ccccc2C(=O)N1c1ccccc1. The van der Waals surface area contributed by atoms with Crippen molar-refractivity contribution in [2.24, 2.45) is 0 Å². The summed E-state index contributed by atoms with van der Waals surface area (Å²) in [4.78, 5) is 15.3. The third kappa shape index (κ3) is 2.44. The van der Waals surface area contributed by atoms with Crippen LogP contribution in [0.4, 0.5) is 5.69 Å². The van der Waals surface area contributed by atoms with Crippen LogP contribution in [0.15, 0.2) is 84.9 Å².